The van der Waals surface area contributed by atoms with Gasteiger partial charge in [0.1, 0.15) is 0 Å². The highest BCUT2D eigenvalue weighted by atomic mass is 32.2. The van der Waals surface area contributed by atoms with Gasteiger partial charge in [-0.2, -0.15) is 0 Å². The van der Waals surface area contributed by atoms with E-state index in [4.69, 9.17) is 15.5 Å². The Kier molecular flexibility index (Phi) is 5.17. The molecule has 0 saturated carbocycles. The number of carbonyl (C=O) groups is 1. The van der Waals surface area contributed by atoms with Crippen molar-refractivity contribution in [1.29, 1.82) is 0 Å². The fourth-order valence-corrected chi connectivity index (χ4v) is 7.28. The molecule has 3 aromatic heterocycles. The third-order valence-corrected chi connectivity index (χ3v) is 9.45. The number of carbonyl (C=O) groups excluding carboxylic acids is 1. The highest BCUT2D eigenvalue weighted by molar-refractivity contribution is 8.00. The summed E-state index contributed by atoms with van der Waals surface area (Å²) in [5.41, 5.74) is 8.21. The van der Waals surface area contributed by atoms with Gasteiger partial charge in [-0.15, -0.1) is 11.3 Å². The predicted molar refractivity (Wildman–Crippen MR) is 132 cm³/mol. The fourth-order valence-electron chi connectivity index (χ4n) is 5.16. The number of fused-ring (bicyclic) bond motifs is 2. The first kappa shape index (κ1) is 21.1. The van der Waals surface area contributed by atoms with Crippen LogP contribution in [0.5, 0.6) is 0 Å². The number of anilines is 1. The SMILES string of the molecule is C[C@@H]1OCC2(CCN(c3ncc(Sc4cccc5c(C=O)csc45)c4nccn34)CC2)[C@@H]1N. The topological polar surface area (TPSA) is 85.8 Å². The molecular formula is C24H25N5O2S2. The van der Waals surface area contributed by atoms with Crippen molar-refractivity contribution in [3.8, 4) is 0 Å². The first-order valence-electron chi connectivity index (χ1n) is 11.2. The van der Waals surface area contributed by atoms with Gasteiger partial charge in [0.2, 0.25) is 5.95 Å². The molecule has 0 unspecified atom stereocenters. The number of hydrogen-bond acceptors (Lipinski definition) is 8. The van der Waals surface area contributed by atoms with E-state index in [-0.39, 0.29) is 17.6 Å². The van der Waals surface area contributed by atoms with Crippen LogP contribution in [-0.2, 0) is 4.74 Å². The molecule has 2 atom stereocenters. The quantitative estimate of drug-likeness (QED) is 0.438. The Morgan fingerprint density at radius 3 is 2.88 bits per heavy atom. The highest BCUT2D eigenvalue weighted by Gasteiger charge is 2.47. The Bertz CT molecular complexity index is 1340. The number of nitrogens with zero attached hydrogens (tertiary/aromatic N) is 4. The summed E-state index contributed by atoms with van der Waals surface area (Å²) in [6, 6.07) is 6.18. The van der Waals surface area contributed by atoms with Crippen molar-refractivity contribution in [1.82, 2.24) is 14.4 Å². The van der Waals surface area contributed by atoms with Crippen molar-refractivity contribution in [2.24, 2.45) is 11.1 Å². The molecule has 5 heterocycles. The van der Waals surface area contributed by atoms with E-state index >= 15 is 0 Å². The van der Waals surface area contributed by atoms with Crippen LogP contribution in [0.1, 0.15) is 30.1 Å². The third-order valence-electron chi connectivity index (χ3n) is 7.20. The van der Waals surface area contributed by atoms with Gasteiger partial charge in [0.05, 0.1) is 17.6 Å². The Hall–Kier alpha value is -2.46. The number of benzene rings is 1. The largest absolute Gasteiger partial charge is 0.376 e. The second kappa shape index (κ2) is 8.09. The van der Waals surface area contributed by atoms with E-state index in [0.717, 1.165) is 75.9 Å². The minimum atomic E-state index is 0.0829. The molecule has 0 bridgehead atoms. The number of piperidine rings is 1. The van der Waals surface area contributed by atoms with Gasteiger partial charge in [-0.3, -0.25) is 9.20 Å². The molecule has 1 spiro atoms. The van der Waals surface area contributed by atoms with Gasteiger partial charge in [-0.05, 0) is 25.8 Å². The zero-order valence-corrected chi connectivity index (χ0v) is 19.9. The molecule has 0 aliphatic carbocycles. The third kappa shape index (κ3) is 3.37. The average molecular weight is 480 g/mol. The molecule has 2 aliphatic heterocycles. The molecule has 0 amide bonds. The summed E-state index contributed by atoms with van der Waals surface area (Å²) >= 11 is 3.24. The smallest absolute Gasteiger partial charge is 0.211 e. The van der Waals surface area contributed by atoms with Crippen LogP contribution < -0.4 is 10.6 Å². The van der Waals surface area contributed by atoms with Crippen molar-refractivity contribution in [3.63, 3.8) is 0 Å². The molecule has 33 heavy (non-hydrogen) atoms. The molecule has 4 aromatic rings. The number of aromatic nitrogens is 3. The van der Waals surface area contributed by atoms with Crippen molar-refractivity contribution in [3.05, 3.63) is 47.7 Å². The van der Waals surface area contributed by atoms with E-state index in [9.17, 15) is 4.79 Å². The van der Waals surface area contributed by atoms with E-state index in [1.165, 1.54) is 0 Å². The summed E-state index contributed by atoms with van der Waals surface area (Å²) in [6.45, 7) is 4.64. The molecular weight excluding hydrogens is 454 g/mol. The maximum atomic E-state index is 11.4. The van der Waals surface area contributed by atoms with Gasteiger partial charge in [0.25, 0.3) is 0 Å². The molecule has 0 radical (unpaired) electrons. The van der Waals surface area contributed by atoms with Gasteiger partial charge in [-0.25, -0.2) is 9.97 Å². The molecule has 2 fully saturated rings. The standard InChI is InChI=1S/C24H25N5O2S2/c1-15-21(25)24(14-31-15)5-8-28(9-6-24)23-27-11-19(22-26-7-10-29(22)23)33-18-4-2-3-17-16(12-30)13-32-20(17)18/h2-4,7,10-13,15,21H,5-6,8-9,14,25H2,1H3/t15-,21+/m0/s1. The molecule has 170 valence electrons. The number of hydrogen-bond donors (Lipinski definition) is 1. The van der Waals surface area contributed by atoms with Crippen LogP contribution in [0.4, 0.5) is 5.95 Å². The number of nitrogens with two attached hydrogens (primary N) is 1. The summed E-state index contributed by atoms with van der Waals surface area (Å²) in [7, 11) is 0. The summed E-state index contributed by atoms with van der Waals surface area (Å²) in [6.07, 6.45) is 8.79. The van der Waals surface area contributed by atoms with Crippen LogP contribution in [0.3, 0.4) is 0 Å². The fraction of sp³-hybridized carbons (Fsp3) is 0.375. The Balaban J connectivity index is 1.29. The Morgan fingerprint density at radius 2 is 2.12 bits per heavy atom. The minimum absolute atomic E-state index is 0.0829. The lowest BCUT2D eigenvalue weighted by molar-refractivity contribution is 0.0973. The first-order valence-corrected chi connectivity index (χ1v) is 12.9. The van der Waals surface area contributed by atoms with Gasteiger partial charge in [0.15, 0.2) is 11.9 Å². The molecule has 2 aliphatic rings. The lowest BCUT2D eigenvalue weighted by Gasteiger charge is -2.41. The van der Waals surface area contributed by atoms with Crippen molar-refractivity contribution < 1.29 is 9.53 Å². The second-order valence-electron chi connectivity index (χ2n) is 8.98. The van der Waals surface area contributed by atoms with Crippen molar-refractivity contribution >= 4 is 51.1 Å². The summed E-state index contributed by atoms with van der Waals surface area (Å²) < 4.78 is 9.07. The van der Waals surface area contributed by atoms with Crippen LogP contribution in [0.15, 0.2) is 52.0 Å². The minimum Gasteiger partial charge on any atom is -0.376 e. The molecule has 1 aromatic carbocycles. The monoisotopic (exact) mass is 479 g/mol. The molecule has 7 nitrogen and oxygen atoms in total. The van der Waals surface area contributed by atoms with Crippen LogP contribution in [0.25, 0.3) is 15.7 Å². The molecule has 2 N–H and O–H groups in total. The number of aldehydes is 1. The second-order valence-corrected chi connectivity index (χ2v) is 10.9. The van der Waals surface area contributed by atoms with Crippen LogP contribution in [0, 0.1) is 5.41 Å². The van der Waals surface area contributed by atoms with E-state index in [1.54, 1.807) is 23.1 Å². The number of imidazole rings is 1. The lowest BCUT2D eigenvalue weighted by Crippen LogP contribution is -2.51. The van der Waals surface area contributed by atoms with E-state index in [2.05, 4.69) is 27.3 Å². The molecule has 6 rings (SSSR count). The summed E-state index contributed by atoms with van der Waals surface area (Å²) in [4.78, 5) is 25.3. The highest BCUT2D eigenvalue weighted by Crippen LogP contribution is 2.43. The first-order chi connectivity index (χ1) is 16.1. The van der Waals surface area contributed by atoms with Gasteiger partial charge in [0, 0.05) is 69.1 Å². The number of ether oxygens (including phenoxy) is 1. The predicted octanol–water partition coefficient (Wildman–Crippen LogP) is 4.24. The Labute approximate surface area is 200 Å². The van der Waals surface area contributed by atoms with E-state index < -0.39 is 0 Å². The Morgan fingerprint density at radius 1 is 1.27 bits per heavy atom. The summed E-state index contributed by atoms with van der Waals surface area (Å²) in [5, 5.41) is 2.91. The summed E-state index contributed by atoms with van der Waals surface area (Å²) in [5.74, 6) is 0.916. The molecule has 2 saturated heterocycles. The maximum absolute atomic E-state index is 11.4. The van der Waals surface area contributed by atoms with Crippen LogP contribution >= 0.6 is 23.1 Å². The van der Waals surface area contributed by atoms with Crippen molar-refractivity contribution in [2.75, 3.05) is 24.6 Å². The maximum Gasteiger partial charge on any atom is 0.211 e. The molecule has 9 heteroatoms. The van der Waals surface area contributed by atoms with E-state index in [0.29, 0.717) is 0 Å². The van der Waals surface area contributed by atoms with Crippen LogP contribution in [-0.4, -0.2) is 52.5 Å². The van der Waals surface area contributed by atoms with Gasteiger partial charge >= 0.3 is 0 Å². The van der Waals surface area contributed by atoms with Crippen molar-refractivity contribution in [2.45, 2.75) is 41.7 Å². The van der Waals surface area contributed by atoms with Gasteiger partial charge < -0.3 is 15.4 Å². The van der Waals surface area contributed by atoms with E-state index in [1.807, 2.05) is 36.1 Å². The number of rotatable bonds is 4. The average Bonchev–Trinajstić information content (AvgIpc) is 3.56. The van der Waals surface area contributed by atoms with Gasteiger partial charge in [-0.1, -0.05) is 23.9 Å². The number of thiophene rings is 1. The lowest BCUT2D eigenvalue weighted by atomic mass is 9.73. The normalized spacial score (nSPS) is 22.5. The zero-order chi connectivity index (χ0) is 22.6. The zero-order valence-electron chi connectivity index (χ0n) is 18.3. The van der Waals surface area contributed by atoms with Crippen LogP contribution in [0.2, 0.25) is 0 Å².